The van der Waals surface area contributed by atoms with Gasteiger partial charge in [0.05, 0.1) is 31.7 Å². The SMILES string of the molecule is COC(=O)c1ccc(-c2ccc(NS(=O)(=O)c3cnc(-c4ccc(F)cc4)s3)c(OC)c2)cc1. The van der Waals surface area contributed by atoms with Gasteiger partial charge in [0.2, 0.25) is 0 Å². The molecule has 0 saturated heterocycles. The molecule has 34 heavy (non-hydrogen) atoms. The maximum atomic E-state index is 13.2. The van der Waals surface area contributed by atoms with E-state index in [9.17, 15) is 17.6 Å². The number of hydrogen-bond acceptors (Lipinski definition) is 7. The molecule has 0 atom stereocenters. The predicted octanol–water partition coefficient (Wildman–Crippen LogP) is 5.21. The maximum Gasteiger partial charge on any atom is 0.337 e. The van der Waals surface area contributed by atoms with Gasteiger partial charge in [0, 0.05) is 5.56 Å². The van der Waals surface area contributed by atoms with Gasteiger partial charge in [0.25, 0.3) is 10.0 Å². The van der Waals surface area contributed by atoms with Crippen molar-refractivity contribution in [3.05, 3.63) is 84.3 Å². The van der Waals surface area contributed by atoms with Gasteiger partial charge in [-0.2, -0.15) is 0 Å². The van der Waals surface area contributed by atoms with Crippen LogP contribution in [0, 0.1) is 5.82 Å². The number of anilines is 1. The van der Waals surface area contributed by atoms with Gasteiger partial charge >= 0.3 is 5.97 Å². The molecule has 0 radical (unpaired) electrons. The minimum atomic E-state index is -3.94. The molecule has 4 rings (SSSR count). The van der Waals surface area contributed by atoms with Crippen molar-refractivity contribution in [1.82, 2.24) is 4.98 Å². The van der Waals surface area contributed by atoms with Crippen LogP contribution in [0.3, 0.4) is 0 Å². The molecule has 0 saturated carbocycles. The van der Waals surface area contributed by atoms with E-state index in [1.165, 1.54) is 44.7 Å². The molecule has 0 unspecified atom stereocenters. The van der Waals surface area contributed by atoms with Gasteiger partial charge in [-0.25, -0.2) is 22.6 Å². The van der Waals surface area contributed by atoms with Crippen LogP contribution in [-0.4, -0.2) is 33.6 Å². The van der Waals surface area contributed by atoms with Crippen LogP contribution in [0.5, 0.6) is 5.75 Å². The van der Waals surface area contributed by atoms with Gasteiger partial charge in [-0.05, 0) is 59.7 Å². The number of methoxy groups -OCH3 is 2. The fourth-order valence-electron chi connectivity index (χ4n) is 3.18. The highest BCUT2D eigenvalue weighted by Crippen LogP contribution is 2.34. The zero-order chi connectivity index (χ0) is 24.3. The van der Waals surface area contributed by atoms with Gasteiger partial charge in [-0.1, -0.05) is 18.2 Å². The van der Waals surface area contributed by atoms with Crippen LogP contribution in [0.4, 0.5) is 10.1 Å². The molecule has 4 aromatic rings. The predicted molar refractivity (Wildman–Crippen MR) is 128 cm³/mol. The van der Waals surface area contributed by atoms with E-state index >= 15 is 0 Å². The summed E-state index contributed by atoms with van der Waals surface area (Å²) in [6.45, 7) is 0. The molecule has 174 valence electrons. The summed E-state index contributed by atoms with van der Waals surface area (Å²) in [6.07, 6.45) is 1.26. The summed E-state index contributed by atoms with van der Waals surface area (Å²) in [4.78, 5) is 15.8. The van der Waals surface area contributed by atoms with E-state index in [1.54, 1.807) is 42.5 Å². The Bertz CT molecular complexity index is 1430. The van der Waals surface area contributed by atoms with Crippen molar-refractivity contribution < 1.29 is 27.1 Å². The Morgan fingerprint density at radius 3 is 2.24 bits per heavy atom. The lowest BCUT2D eigenvalue weighted by Crippen LogP contribution is -2.12. The highest BCUT2D eigenvalue weighted by molar-refractivity contribution is 7.94. The van der Waals surface area contributed by atoms with E-state index in [0.29, 0.717) is 21.9 Å². The number of carbonyl (C=O) groups is 1. The number of sulfonamides is 1. The lowest BCUT2D eigenvalue weighted by molar-refractivity contribution is 0.0600. The third kappa shape index (κ3) is 4.92. The molecule has 0 aliphatic heterocycles. The maximum absolute atomic E-state index is 13.2. The van der Waals surface area contributed by atoms with Crippen LogP contribution in [0.1, 0.15) is 10.4 Å². The number of ether oxygens (including phenoxy) is 2. The smallest absolute Gasteiger partial charge is 0.337 e. The Hall–Kier alpha value is -3.76. The molecule has 0 amide bonds. The molecule has 7 nitrogen and oxygen atoms in total. The molecule has 0 aliphatic rings. The first-order chi connectivity index (χ1) is 16.3. The zero-order valence-corrected chi connectivity index (χ0v) is 19.7. The molecule has 1 heterocycles. The van der Waals surface area contributed by atoms with Crippen molar-refractivity contribution in [2.75, 3.05) is 18.9 Å². The summed E-state index contributed by atoms with van der Waals surface area (Å²) in [5, 5.41) is 0.457. The number of carbonyl (C=O) groups excluding carboxylic acids is 1. The first kappa shape index (κ1) is 23.4. The molecule has 3 aromatic carbocycles. The number of halogens is 1. The zero-order valence-electron chi connectivity index (χ0n) is 18.1. The Balaban J connectivity index is 1.57. The van der Waals surface area contributed by atoms with E-state index in [-0.39, 0.29) is 15.7 Å². The van der Waals surface area contributed by atoms with Crippen LogP contribution in [0.2, 0.25) is 0 Å². The number of rotatable bonds is 7. The Kier molecular flexibility index (Phi) is 6.62. The standard InChI is InChI=1S/C24H19FN2O5S2/c1-31-21-13-18(15-3-5-17(6-4-15)24(28)32-2)9-12-20(21)27-34(29,30)22-14-26-23(33-22)16-7-10-19(25)11-8-16/h3-14,27H,1-2H3. The third-order valence-corrected chi connectivity index (χ3v) is 7.80. The van der Waals surface area contributed by atoms with Gasteiger partial charge in [-0.3, -0.25) is 4.72 Å². The third-order valence-electron chi connectivity index (χ3n) is 4.93. The van der Waals surface area contributed by atoms with Crippen molar-refractivity contribution in [1.29, 1.82) is 0 Å². The summed E-state index contributed by atoms with van der Waals surface area (Å²) in [7, 11) is -1.18. The summed E-state index contributed by atoms with van der Waals surface area (Å²) in [5.41, 5.74) is 2.88. The molecule has 1 aromatic heterocycles. The number of benzene rings is 3. The molecule has 0 aliphatic carbocycles. The van der Waals surface area contributed by atoms with Crippen molar-refractivity contribution in [3.63, 3.8) is 0 Å². The quantitative estimate of drug-likeness (QED) is 0.352. The summed E-state index contributed by atoms with van der Waals surface area (Å²) in [5.74, 6) is -0.495. The van der Waals surface area contributed by atoms with Crippen molar-refractivity contribution >= 4 is 33.0 Å². The van der Waals surface area contributed by atoms with E-state index in [2.05, 4.69) is 9.71 Å². The molecule has 0 bridgehead atoms. The van der Waals surface area contributed by atoms with Crippen LogP contribution in [0.15, 0.2) is 77.1 Å². The van der Waals surface area contributed by atoms with Crippen LogP contribution >= 0.6 is 11.3 Å². The molecular formula is C24H19FN2O5S2. The van der Waals surface area contributed by atoms with Crippen molar-refractivity contribution in [2.45, 2.75) is 4.21 Å². The Morgan fingerprint density at radius 2 is 1.59 bits per heavy atom. The topological polar surface area (TPSA) is 94.6 Å². The fraction of sp³-hybridized carbons (Fsp3) is 0.0833. The first-order valence-corrected chi connectivity index (χ1v) is 12.2. The highest BCUT2D eigenvalue weighted by Gasteiger charge is 2.21. The van der Waals surface area contributed by atoms with E-state index in [1.807, 2.05) is 0 Å². The minimum absolute atomic E-state index is 0.0105. The largest absolute Gasteiger partial charge is 0.495 e. The highest BCUT2D eigenvalue weighted by atomic mass is 32.2. The van der Waals surface area contributed by atoms with Crippen LogP contribution in [-0.2, 0) is 14.8 Å². The molecular weight excluding hydrogens is 479 g/mol. The fourth-order valence-corrected chi connectivity index (χ4v) is 5.38. The number of esters is 1. The average molecular weight is 499 g/mol. The number of hydrogen-bond donors (Lipinski definition) is 1. The second-order valence-electron chi connectivity index (χ2n) is 7.08. The second kappa shape index (κ2) is 9.62. The normalized spacial score (nSPS) is 11.1. The summed E-state index contributed by atoms with van der Waals surface area (Å²) < 4.78 is 51.7. The van der Waals surface area contributed by atoms with Crippen LogP contribution < -0.4 is 9.46 Å². The minimum Gasteiger partial charge on any atom is -0.495 e. The monoisotopic (exact) mass is 498 g/mol. The Morgan fingerprint density at radius 1 is 0.941 bits per heavy atom. The number of nitrogens with one attached hydrogen (secondary N) is 1. The van der Waals surface area contributed by atoms with Gasteiger partial charge in [0.15, 0.2) is 4.21 Å². The van der Waals surface area contributed by atoms with Gasteiger partial charge in [0.1, 0.15) is 16.6 Å². The van der Waals surface area contributed by atoms with E-state index < -0.39 is 16.0 Å². The summed E-state index contributed by atoms with van der Waals surface area (Å²) in [6, 6.07) is 17.5. The van der Waals surface area contributed by atoms with Crippen LogP contribution in [0.25, 0.3) is 21.7 Å². The van der Waals surface area contributed by atoms with Crippen molar-refractivity contribution in [2.24, 2.45) is 0 Å². The van der Waals surface area contributed by atoms with Gasteiger partial charge in [-0.15, -0.1) is 11.3 Å². The number of nitrogens with zero attached hydrogens (tertiary/aromatic N) is 1. The van der Waals surface area contributed by atoms with E-state index in [4.69, 9.17) is 9.47 Å². The first-order valence-electron chi connectivity index (χ1n) is 9.92. The lowest BCUT2D eigenvalue weighted by atomic mass is 10.0. The lowest BCUT2D eigenvalue weighted by Gasteiger charge is -2.13. The number of aromatic nitrogens is 1. The molecule has 0 fully saturated rings. The average Bonchev–Trinajstić information content (AvgIpc) is 3.36. The van der Waals surface area contributed by atoms with E-state index in [0.717, 1.165) is 22.5 Å². The Labute approximate surface area is 199 Å². The molecule has 10 heteroatoms. The summed E-state index contributed by atoms with van der Waals surface area (Å²) >= 11 is 0.974. The second-order valence-corrected chi connectivity index (χ2v) is 10.0. The molecule has 1 N–H and O–H groups in total. The van der Waals surface area contributed by atoms with Gasteiger partial charge < -0.3 is 9.47 Å². The molecule has 0 spiro atoms. The number of thiazole rings is 1. The van der Waals surface area contributed by atoms with Crippen molar-refractivity contribution in [3.8, 4) is 27.4 Å².